The number of anilines is 1. The molecule has 1 heterocycles. The Morgan fingerprint density at radius 2 is 2.11 bits per heavy atom. The molecule has 0 saturated carbocycles. The minimum atomic E-state index is -0.535. The number of nitrogens with one attached hydrogen (secondary N) is 1. The van der Waals surface area contributed by atoms with Crippen LogP contribution in [0.2, 0.25) is 5.02 Å². The number of aromatic nitrogens is 2. The Labute approximate surface area is 109 Å². The Morgan fingerprint density at radius 1 is 1.39 bits per heavy atom. The van der Waals surface area contributed by atoms with E-state index in [0.29, 0.717) is 17.4 Å². The van der Waals surface area contributed by atoms with Gasteiger partial charge in [0.15, 0.2) is 5.82 Å². The number of ether oxygens (including phenoxy) is 1. The topological polar surface area (TPSA) is 56.1 Å². The van der Waals surface area contributed by atoms with Gasteiger partial charge >= 0.3 is 6.09 Å². The van der Waals surface area contributed by atoms with Crippen LogP contribution in [0.5, 0.6) is 0 Å². The van der Waals surface area contributed by atoms with E-state index in [1.807, 2.05) is 24.3 Å². The third-order valence-corrected chi connectivity index (χ3v) is 2.57. The second-order valence-corrected chi connectivity index (χ2v) is 4.08. The summed E-state index contributed by atoms with van der Waals surface area (Å²) in [5.41, 5.74) is 1.08. The predicted molar refractivity (Wildman–Crippen MR) is 68.8 cm³/mol. The molecule has 0 atom stereocenters. The van der Waals surface area contributed by atoms with Crippen LogP contribution in [0.15, 0.2) is 36.5 Å². The zero-order valence-electron chi connectivity index (χ0n) is 9.76. The molecule has 18 heavy (non-hydrogen) atoms. The van der Waals surface area contributed by atoms with Gasteiger partial charge in [-0.2, -0.15) is 5.10 Å². The molecule has 6 heteroatoms. The lowest BCUT2D eigenvalue weighted by Gasteiger charge is -2.02. The van der Waals surface area contributed by atoms with Crippen molar-refractivity contribution in [2.24, 2.45) is 0 Å². The number of amides is 1. The third kappa shape index (κ3) is 3.24. The summed E-state index contributed by atoms with van der Waals surface area (Å²) in [4.78, 5) is 11.0. The number of methoxy groups -OCH3 is 1. The number of halogens is 1. The molecule has 0 spiro atoms. The van der Waals surface area contributed by atoms with E-state index < -0.39 is 6.09 Å². The van der Waals surface area contributed by atoms with E-state index in [4.69, 9.17) is 11.6 Å². The average Bonchev–Trinajstić information content (AvgIpc) is 2.79. The van der Waals surface area contributed by atoms with Gasteiger partial charge in [-0.3, -0.25) is 10.00 Å². The van der Waals surface area contributed by atoms with Crippen molar-refractivity contribution < 1.29 is 9.53 Å². The average molecular weight is 266 g/mol. The van der Waals surface area contributed by atoms with Crippen molar-refractivity contribution in [2.45, 2.75) is 6.54 Å². The van der Waals surface area contributed by atoms with Crippen LogP contribution in [0, 0.1) is 0 Å². The molecule has 1 N–H and O–H groups in total. The first-order valence-electron chi connectivity index (χ1n) is 5.30. The molecule has 5 nitrogen and oxygen atoms in total. The first-order valence-corrected chi connectivity index (χ1v) is 5.68. The van der Waals surface area contributed by atoms with E-state index in [9.17, 15) is 4.79 Å². The maximum Gasteiger partial charge on any atom is 0.412 e. The van der Waals surface area contributed by atoms with Crippen LogP contribution in [0.25, 0.3) is 0 Å². The minimum absolute atomic E-state index is 0.454. The summed E-state index contributed by atoms with van der Waals surface area (Å²) < 4.78 is 6.20. The monoisotopic (exact) mass is 265 g/mol. The van der Waals surface area contributed by atoms with Gasteiger partial charge in [0.1, 0.15) is 0 Å². The highest BCUT2D eigenvalue weighted by Gasteiger charge is 2.04. The third-order valence-electron chi connectivity index (χ3n) is 2.31. The molecule has 2 aromatic rings. The predicted octanol–water partition coefficient (Wildman–Crippen LogP) is 2.76. The highest BCUT2D eigenvalue weighted by Crippen LogP contribution is 2.11. The number of carbonyl (C=O) groups excluding carboxylic acids is 1. The maximum atomic E-state index is 11.0. The van der Waals surface area contributed by atoms with Crippen molar-refractivity contribution in [3.8, 4) is 0 Å². The molecule has 2 rings (SSSR count). The maximum absolute atomic E-state index is 11.0. The minimum Gasteiger partial charge on any atom is -0.453 e. The van der Waals surface area contributed by atoms with Crippen molar-refractivity contribution >= 4 is 23.5 Å². The van der Waals surface area contributed by atoms with E-state index in [-0.39, 0.29) is 0 Å². The highest BCUT2D eigenvalue weighted by molar-refractivity contribution is 6.30. The number of carbonyl (C=O) groups is 1. The van der Waals surface area contributed by atoms with Gasteiger partial charge in [0.25, 0.3) is 0 Å². The number of benzene rings is 1. The lowest BCUT2D eigenvalue weighted by Crippen LogP contribution is -2.12. The fourth-order valence-corrected chi connectivity index (χ4v) is 1.57. The zero-order valence-corrected chi connectivity index (χ0v) is 10.5. The highest BCUT2D eigenvalue weighted by atomic mass is 35.5. The zero-order chi connectivity index (χ0) is 13.0. The van der Waals surface area contributed by atoms with E-state index >= 15 is 0 Å². The molecular formula is C12H12ClN3O2. The number of hydrogen-bond acceptors (Lipinski definition) is 3. The molecule has 94 valence electrons. The number of rotatable bonds is 3. The van der Waals surface area contributed by atoms with E-state index in [0.717, 1.165) is 5.56 Å². The van der Waals surface area contributed by atoms with Gasteiger partial charge in [-0.1, -0.05) is 23.7 Å². The molecule has 1 aromatic heterocycles. The van der Waals surface area contributed by atoms with Crippen LogP contribution in [0.3, 0.4) is 0 Å². The van der Waals surface area contributed by atoms with Gasteiger partial charge in [0.2, 0.25) is 0 Å². The molecule has 0 radical (unpaired) electrons. The van der Waals surface area contributed by atoms with Crippen molar-refractivity contribution in [3.63, 3.8) is 0 Å². The van der Waals surface area contributed by atoms with Crippen LogP contribution in [-0.2, 0) is 11.3 Å². The molecule has 0 aliphatic carbocycles. The Morgan fingerprint density at radius 3 is 2.78 bits per heavy atom. The van der Waals surface area contributed by atoms with Crippen LogP contribution in [0.4, 0.5) is 10.6 Å². The molecule has 0 fully saturated rings. The summed E-state index contributed by atoms with van der Waals surface area (Å²) in [7, 11) is 1.31. The first kappa shape index (κ1) is 12.4. The first-order chi connectivity index (χ1) is 8.67. The Kier molecular flexibility index (Phi) is 3.84. The molecule has 0 aliphatic rings. The standard InChI is InChI=1S/C12H12ClN3O2/c1-18-12(17)14-11-6-7-16(15-11)8-9-2-4-10(13)5-3-9/h2-7H,8H2,1H3,(H,14,15,17). The van der Waals surface area contributed by atoms with Crippen LogP contribution in [0.1, 0.15) is 5.56 Å². The van der Waals surface area contributed by atoms with Gasteiger partial charge in [-0.25, -0.2) is 4.79 Å². The lowest BCUT2D eigenvalue weighted by atomic mass is 10.2. The van der Waals surface area contributed by atoms with Crippen molar-refractivity contribution in [2.75, 3.05) is 12.4 Å². The van der Waals surface area contributed by atoms with Crippen molar-refractivity contribution in [3.05, 3.63) is 47.1 Å². The molecule has 0 unspecified atom stereocenters. The largest absolute Gasteiger partial charge is 0.453 e. The smallest absolute Gasteiger partial charge is 0.412 e. The van der Waals surface area contributed by atoms with Crippen LogP contribution in [-0.4, -0.2) is 23.0 Å². The Balaban J connectivity index is 2.02. The fraction of sp³-hybridized carbons (Fsp3) is 0.167. The van der Waals surface area contributed by atoms with Gasteiger partial charge in [0.05, 0.1) is 13.7 Å². The van der Waals surface area contributed by atoms with Crippen LogP contribution < -0.4 is 5.32 Å². The number of nitrogens with zero attached hydrogens (tertiary/aromatic N) is 2. The molecule has 0 saturated heterocycles. The second kappa shape index (κ2) is 5.55. The molecule has 1 aromatic carbocycles. The quantitative estimate of drug-likeness (QED) is 0.928. The van der Waals surface area contributed by atoms with E-state index in [2.05, 4.69) is 15.2 Å². The normalized spacial score (nSPS) is 10.1. The second-order valence-electron chi connectivity index (χ2n) is 3.64. The molecular weight excluding hydrogens is 254 g/mol. The summed E-state index contributed by atoms with van der Waals surface area (Å²) in [6, 6.07) is 9.21. The summed E-state index contributed by atoms with van der Waals surface area (Å²) in [6.45, 7) is 0.611. The summed E-state index contributed by atoms with van der Waals surface area (Å²) in [5, 5.41) is 7.38. The van der Waals surface area contributed by atoms with E-state index in [1.54, 1.807) is 16.9 Å². The SMILES string of the molecule is COC(=O)Nc1ccn(Cc2ccc(Cl)cc2)n1. The Bertz CT molecular complexity index is 537. The fourth-order valence-electron chi connectivity index (χ4n) is 1.45. The van der Waals surface area contributed by atoms with E-state index in [1.165, 1.54) is 7.11 Å². The molecule has 0 bridgehead atoms. The van der Waals surface area contributed by atoms with Gasteiger partial charge in [-0.15, -0.1) is 0 Å². The molecule has 1 amide bonds. The number of hydrogen-bond donors (Lipinski definition) is 1. The lowest BCUT2D eigenvalue weighted by molar-refractivity contribution is 0.187. The van der Waals surface area contributed by atoms with Crippen molar-refractivity contribution in [1.82, 2.24) is 9.78 Å². The van der Waals surface area contributed by atoms with Gasteiger partial charge in [-0.05, 0) is 17.7 Å². The summed E-state index contributed by atoms with van der Waals surface area (Å²) >= 11 is 5.81. The van der Waals surface area contributed by atoms with Gasteiger partial charge < -0.3 is 4.74 Å². The Hall–Kier alpha value is -2.01. The van der Waals surface area contributed by atoms with Gasteiger partial charge in [0, 0.05) is 17.3 Å². The summed E-state index contributed by atoms with van der Waals surface area (Å²) in [5.74, 6) is 0.454. The molecule has 0 aliphatic heterocycles. The van der Waals surface area contributed by atoms with Crippen LogP contribution >= 0.6 is 11.6 Å². The van der Waals surface area contributed by atoms with Crippen molar-refractivity contribution in [1.29, 1.82) is 0 Å². The summed E-state index contributed by atoms with van der Waals surface area (Å²) in [6.07, 6.45) is 1.24.